The van der Waals surface area contributed by atoms with Gasteiger partial charge in [0.05, 0.1) is 11.1 Å². The van der Waals surface area contributed by atoms with Crippen LogP contribution in [0.5, 0.6) is 0 Å². The van der Waals surface area contributed by atoms with Gasteiger partial charge in [0.15, 0.2) is 46.5 Å². The molecule has 0 atom stereocenters. The fourth-order valence-corrected chi connectivity index (χ4v) is 2.07. The molecule has 174 valence electrons. The van der Waals surface area contributed by atoms with Gasteiger partial charge < -0.3 is 9.68 Å². The Bertz CT molecular complexity index is 972. The lowest BCUT2D eigenvalue weighted by atomic mass is 10.2. The van der Waals surface area contributed by atoms with E-state index in [0.717, 1.165) is 0 Å². The number of nitrogens with zero attached hydrogens (tertiary/aromatic N) is 2. The lowest BCUT2D eigenvalue weighted by Crippen LogP contribution is -2.11. The van der Waals surface area contributed by atoms with Crippen LogP contribution < -0.4 is 0 Å². The molecule has 0 aliphatic carbocycles. The molecule has 0 saturated heterocycles. The fourth-order valence-electron chi connectivity index (χ4n) is 2.07. The molecular weight excluding hydrogens is 466 g/mol. The number of hydrogen-bond donors (Lipinski definition) is 0. The van der Waals surface area contributed by atoms with E-state index in [1.165, 1.54) is 13.8 Å². The molecule has 2 rings (SSSR count). The van der Waals surface area contributed by atoms with Crippen LogP contribution in [0.3, 0.4) is 0 Å². The zero-order chi connectivity index (χ0) is 24.3. The van der Waals surface area contributed by atoms with Crippen LogP contribution >= 0.6 is 0 Å². The number of benzene rings is 2. The van der Waals surface area contributed by atoms with E-state index < -0.39 is 82.5 Å². The van der Waals surface area contributed by atoms with Gasteiger partial charge >= 0.3 is 0 Å². The Morgan fingerprint density at radius 1 is 0.469 bits per heavy atom. The highest BCUT2D eigenvalue weighted by Gasteiger charge is 2.27. The minimum Gasteiger partial charge on any atom is -0.390 e. The van der Waals surface area contributed by atoms with Crippen molar-refractivity contribution in [2.75, 3.05) is 0 Å². The van der Waals surface area contributed by atoms with E-state index in [-0.39, 0.29) is 11.4 Å². The van der Waals surface area contributed by atoms with Crippen LogP contribution in [0.4, 0.5) is 43.9 Å². The zero-order valence-corrected chi connectivity index (χ0v) is 15.9. The molecule has 0 bridgehead atoms. The second-order valence-corrected chi connectivity index (χ2v) is 6.00. The number of halogens is 10. The highest BCUT2D eigenvalue weighted by molar-refractivity contribution is 6.40. The summed E-state index contributed by atoms with van der Waals surface area (Å²) < 4.78 is 133. The number of oxime groups is 2. The molecule has 0 spiro atoms. The minimum atomic E-state index is -2.35. The van der Waals surface area contributed by atoms with Crippen molar-refractivity contribution in [3.63, 3.8) is 0 Å². The Morgan fingerprint density at radius 2 is 0.688 bits per heavy atom. The molecule has 2 aromatic carbocycles. The third-order valence-corrected chi connectivity index (χ3v) is 3.95. The van der Waals surface area contributed by atoms with E-state index in [1.54, 1.807) is 0 Å². The molecule has 0 unspecified atom stereocenters. The van der Waals surface area contributed by atoms with E-state index in [2.05, 4.69) is 20.0 Å². The Hall–Kier alpha value is -3.32. The highest BCUT2D eigenvalue weighted by atomic mass is 19.2. The van der Waals surface area contributed by atoms with Gasteiger partial charge in [-0.3, -0.25) is 0 Å². The molecule has 32 heavy (non-hydrogen) atoms. The SMILES string of the molecule is CC(=N/OCc1c(F)c(F)c(F)c(F)c1F)/C(C)=N/OCc1c(F)c(F)c(F)c(F)c1F. The first-order chi connectivity index (χ1) is 14.9. The van der Waals surface area contributed by atoms with Crippen LogP contribution in [0.1, 0.15) is 25.0 Å². The van der Waals surface area contributed by atoms with Crippen molar-refractivity contribution in [3.05, 3.63) is 69.3 Å². The molecule has 0 radical (unpaired) electrons. The summed E-state index contributed by atoms with van der Waals surface area (Å²) in [4.78, 5) is 9.03. The highest BCUT2D eigenvalue weighted by Crippen LogP contribution is 2.24. The second kappa shape index (κ2) is 9.87. The lowest BCUT2D eigenvalue weighted by Gasteiger charge is -2.08. The molecule has 4 nitrogen and oxygen atoms in total. The monoisotopic (exact) mass is 476 g/mol. The van der Waals surface area contributed by atoms with Gasteiger partial charge in [0.1, 0.15) is 24.6 Å². The van der Waals surface area contributed by atoms with Crippen molar-refractivity contribution in [2.24, 2.45) is 10.3 Å². The molecule has 0 aliphatic heterocycles. The third-order valence-electron chi connectivity index (χ3n) is 3.95. The van der Waals surface area contributed by atoms with Crippen LogP contribution in [0.2, 0.25) is 0 Å². The first-order valence-corrected chi connectivity index (χ1v) is 8.24. The Kier molecular flexibility index (Phi) is 7.69. The topological polar surface area (TPSA) is 43.2 Å². The molecule has 0 aromatic heterocycles. The first-order valence-electron chi connectivity index (χ1n) is 8.24. The van der Waals surface area contributed by atoms with E-state index in [4.69, 9.17) is 0 Å². The summed E-state index contributed by atoms with van der Waals surface area (Å²) in [6.45, 7) is 0.0297. The molecule has 0 fully saturated rings. The summed E-state index contributed by atoms with van der Waals surface area (Å²) in [5.41, 5.74) is -2.97. The van der Waals surface area contributed by atoms with Crippen LogP contribution in [0.25, 0.3) is 0 Å². The van der Waals surface area contributed by atoms with Crippen molar-refractivity contribution < 1.29 is 53.6 Å². The summed E-state index contributed by atoms with van der Waals surface area (Å²) >= 11 is 0. The summed E-state index contributed by atoms with van der Waals surface area (Å²) in [5.74, 6) is -21.9. The van der Waals surface area contributed by atoms with E-state index >= 15 is 0 Å². The maximum atomic E-state index is 13.5. The molecule has 0 aliphatic rings. The van der Waals surface area contributed by atoms with Crippen molar-refractivity contribution >= 4 is 11.4 Å². The molecule has 2 aromatic rings. The minimum absolute atomic E-state index is 0.189. The summed E-state index contributed by atoms with van der Waals surface area (Å²) in [5, 5.41) is 6.60. The normalized spacial score (nSPS) is 12.4. The van der Waals surface area contributed by atoms with Crippen molar-refractivity contribution in [1.29, 1.82) is 0 Å². The lowest BCUT2D eigenvalue weighted by molar-refractivity contribution is 0.120. The van der Waals surface area contributed by atoms with Crippen molar-refractivity contribution in [2.45, 2.75) is 27.1 Å². The largest absolute Gasteiger partial charge is 0.390 e. The van der Waals surface area contributed by atoms with Gasteiger partial charge in [-0.25, -0.2) is 43.9 Å². The predicted octanol–water partition coefficient (Wildman–Crippen LogP) is 5.56. The summed E-state index contributed by atoms with van der Waals surface area (Å²) in [6.07, 6.45) is 0. The Labute approximate surface area is 172 Å². The molecule has 0 N–H and O–H groups in total. The van der Waals surface area contributed by atoms with Gasteiger partial charge in [-0.15, -0.1) is 0 Å². The van der Waals surface area contributed by atoms with Crippen LogP contribution in [-0.2, 0) is 22.9 Å². The molecular formula is C18H10F10N2O2. The second-order valence-electron chi connectivity index (χ2n) is 6.00. The predicted molar refractivity (Wildman–Crippen MR) is 88.3 cm³/mol. The average Bonchev–Trinajstić information content (AvgIpc) is 2.77. The van der Waals surface area contributed by atoms with Gasteiger partial charge in [0.2, 0.25) is 11.6 Å². The van der Waals surface area contributed by atoms with Crippen molar-refractivity contribution in [1.82, 2.24) is 0 Å². The molecule has 14 heteroatoms. The third kappa shape index (κ3) is 4.78. The first kappa shape index (κ1) is 24.9. The smallest absolute Gasteiger partial charge is 0.200 e. The maximum absolute atomic E-state index is 13.5. The van der Waals surface area contributed by atoms with Gasteiger partial charge in [0.25, 0.3) is 0 Å². The van der Waals surface area contributed by atoms with Gasteiger partial charge in [-0.05, 0) is 13.8 Å². The molecule has 0 heterocycles. The quantitative estimate of drug-likeness (QED) is 0.173. The standard InChI is InChI=1S/C18H10F10N2O2/c1-5(29-31-3-7-9(19)13(23)17(27)14(24)10(7)20)6(2)30-32-4-8-11(21)15(25)18(28)16(26)12(8)22/h3-4H2,1-2H3/b29-5-,30-6+. The zero-order valence-electron chi connectivity index (χ0n) is 15.9. The maximum Gasteiger partial charge on any atom is 0.200 e. The Morgan fingerprint density at radius 3 is 0.938 bits per heavy atom. The number of rotatable bonds is 7. The Balaban J connectivity index is 2.09. The summed E-state index contributed by atoms with van der Waals surface area (Å²) in [7, 11) is 0. The van der Waals surface area contributed by atoms with Crippen molar-refractivity contribution in [3.8, 4) is 0 Å². The fraction of sp³-hybridized carbons (Fsp3) is 0.222. The molecule has 0 amide bonds. The van der Waals surface area contributed by atoms with Crippen LogP contribution in [0, 0.1) is 58.2 Å². The summed E-state index contributed by atoms with van der Waals surface area (Å²) in [6, 6.07) is 0. The number of hydrogen-bond acceptors (Lipinski definition) is 4. The van der Waals surface area contributed by atoms with Gasteiger partial charge in [-0.1, -0.05) is 10.3 Å². The van der Waals surface area contributed by atoms with E-state index in [1.807, 2.05) is 0 Å². The van der Waals surface area contributed by atoms with E-state index in [0.29, 0.717) is 0 Å². The van der Waals surface area contributed by atoms with Gasteiger partial charge in [0, 0.05) is 0 Å². The molecule has 0 saturated carbocycles. The van der Waals surface area contributed by atoms with Crippen LogP contribution in [0.15, 0.2) is 10.3 Å². The average molecular weight is 476 g/mol. The van der Waals surface area contributed by atoms with E-state index in [9.17, 15) is 43.9 Å². The van der Waals surface area contributed by atoms with Crippen LogP contribution in [-0.4, -0.2) is 11.4 Å². The van der Waals surface area contributed by atoms with Gasteiger partial charge in [-0.2, -0.15) is 0 Å².